The molecule has 4 atom stereocenters. The number of esters is 1. The van der Waals surface area contributed by atoms with Crippen LogP contribution in [0.2, 0.25) is 0 Å². The minimum atomic E-state index is -0.722. The van der Waals surface area contributed by atoms with Crippen molar-refractivity contribution in [2.45, 2.75) is 44.6 Å². The molecule has 0 unspecified atom stereocenters. The van der Waals surface area contributed by atoms with Gasteiger partial charge in [0.15, 0.2) is 6.10 Å². The van der Waals surface area contributed by atoms with Gasteiger partial charge in [-0.25, -0.2) is 4.79 Å². The molecule has 2 fully saturated rings. The molecule has 5 nitrogen and oxygen atoms in total. The number of morpholine rings is 1. The number of ether oxygens (including phenoxy) is 2. The molecule has 1 amide bonds. The quantitative estimate of drug-likeness (QED) is 0.625. The van der Waals surface area contributed by atoms with Crippen LogP contribution in [0.5, 0.6) is 0 Å². The Kier molecular flexibility index (Phi) is 3.68. The fraction of sp³-hybridized carbons (Fsp3) is 0.500. The summed E-state index contributed by atoms with van der Waals surface area (Å²) in [5.41, 5.74) is 1.01. The summed E-state index contributed by atoms with van der Waals surface area (Å²) in [4.78, 5) is 26.4. The Morgan fingerprint density at radius 3 is 2.57 bits per heavy atom. The molecular formula is C16H19NO4. The third-order valence-electron chi connectivity index (χ3n) is 4.09. The van der Waals surface area contributed by atoms with Gasteiger partial charge in [0.25, 0.3) is 5.91 Å². The molecule has 1 aromatic carbocycles. The summed E-state index contributed by atoms with van der Waals surface area (Å²) in [6, 6.07) is 9.00. The van der Waals surface area contributed by atoms with Gasteiger partial charge in [-0.1, -0.05) is 30.3 Å². The van der Waals surface area contributed by atoms with Crippen LogP contribution in [0.25, 0.3) is 0 Å². The maximum Gasteiger partial charge on any atom is 0.329 e. The molecule has 0 N–H and O–H groups in total. The van der Waals surface area contributed by atoms with Gasteiger partial charge in [-0.05, 0) is 19.4 Å². The van der Waals surface area contributed by atoms with E-state index in [4.69, 9.17) is 9.47 Å². The molecule has 0 saturated carbocycles. The van der Waals surface area contributed by atoms with Crippen LogP contribution in [0.15, 0.2) is 30.3 Å². The average molecular weight is 289 g/mol. The second-order valence-electron chi connectivity index (χ2n) is 5.62. The van der Waals surface area contributed by atoms with Crippen molar-refractivity contribution in [3.05, 3.63) is 35.9 Å². The zero-order chi connectivity index (χ0) is 15.0. The summed E-state index contributed by atoms with van der Waals surface area (Å²) in [6.45, 7) is 4.22. The predicted molar refractivity (Wildman–Crippen MR) is 75.4 cm³/mol. The van der Waals surface area contributed by atoms with Gasteiger partial charge in [-0.3, -0.25) is 4.79 Å². The number of cyclic esters (lactones) is 1. The number of carbonyl (C=O) groups is 2. The zero-order valence-corrected chi connectivity index (χ0v) is 12.2. The van der Waals surface area contributed by atoms with Gasteiger partial charge in [0, 0.05) is 6.42 Å². The van der Waals surface area contributed by atoms with Gasteiger partial charge in [0.2, 0.25) is 0 Å². The first-order chi connectivity index (χ1) is 10.1. The molecule has 0 aromatic heterocycles. The van der Waals surface area contributed by atoms with Crippen molar-refractivity contribution in [1.29, 1.82) is 0 Å². The van der Waals surface area contributed by atoms with Crippen LogP contribution >= 0.6 is 0 Å². The van der Waals surface area contributed by atoms with Gasteiger partial charge in [0.1, 0.15) is 6.04 Å². The number of nitrogens with zero attached hydrogens (tertiary/aromatic N) is 1. The van der Waals surface area contributed by atoms with Gasteiger partial charge >= 0.3 is 5.97 Å². The van der Waals surface area contributed by atoms with Crippen LogP contribution in [-0.2, 0) is 19.1 Å². The Bertz CT molecular complexity index is 540. The fourth-order valence-electron chi connectivity index (χ4n) is 2.80. The standard InChI is InChI=1S/C16H19NO4/c1-10(12-6-4-3-5-7-12)17-14(8-13-9-20-13)16(19)21-11(2)15(17)18/h3-7,10-11,13-14H,8-9H2,1-2H3/t10-,11-,13-,14+/m0/s1. The number of benzene rings is 1. The monoisotopic (exact) mass is 289 g/mol. The summed E-state index contributed by atoms with van der Waals surface area (Å²) >= 11 is 0. The number of amides is 1. The SMILES string of the molecule is C[C@@H]1OC(=O)[C@@H](C[C@H]2CO2)N([C@@H](C)c2ccccc2)C1=O. The summed E-state index contributed by atoms with van der Waals surface area (Å²) < 4.78 is 10.4. The Hall–Kier alpha value is -1.88. The average Bonchev–Trinajstić information content (AvgIpc) is 3.29. The maximum atomic E-state index is 12.5. The van der Waals surface area contributed by atoms with E-state index in [1.807, 2.05) is 37.3 Å². The van der Waals surface area contributed by atoms with Gasteiger partial charge in [-0.2, -0.15) is 0 Å². The topological polar surface area (TPSA) is 59.1 Å². The van der Waals surface area contributed by atoms with Crippen molar-refractivity contribution in [3.8, 4) is 0 Å². The zero-order valence-electron chi connectivity index (χ0n) is 12.2. The predicted octanol–water partition coefficient (Wildman–Crippen LogP) is 1.68. The molecule has 0 radical (unpaired) electrons. The van der Waals surface area contributed by atoms with E-state index in [1.54, 1.807) is 11.8 Å². The number of carbonyl (C=O) groups excluding carboxylic acids is 2. The Balaban J connectivity index is 1.89. The minimum Gasteiger partial charge on any atom is -0.451 e. The number of epoxide rings is 1. The molecule has 112 valence electrons. The van der Waals surface area contributed by atoms with Crippen LogP contribution < -0.4 is 0 Å². The first-order valence-electron chi connectivity index (χ1n) is 7.27. The molecule has 5 heteroatoms. The van der Waals surface area contributed by atoms with Crippen molar-refractivity contribution in [3.63, 3.8) is 0 Å². The molecule has 2 aliphatic rings. The minimum absolute atomic E-state index is 0.0641. The summed E-state index contributed by atoms with van der Waals surface area (Å²) in [7, 11) is 0. The molecule has 2 saturated heterocycles. The van der Waals surface area contributed by atoms with Crippen molar-refractivity contribution in [1.82, 2.24) is 4.90 Å². The highest BCUT2D eigenvalue weighted by Gasteiger charge is 2.45. The van der Waals surface area contributed by atoms with E-state index in [-0.39, 0.29) is 24.0 Å². The highest BCUT2D eigenvalue weighted by atomic mass is 16.6. The summed E-state index contributed by atoms with van der Waals surface area (Å²) in [5.74, 6) is -0.475. The lowest BCUT2D eigenvalue weighted by Crippen LogP contribution is -2.56. The Morgan fingerprint density at radius 1 is 1.29 bits per heavy atom. The van der Waals surface area contributed by atoms with Crippen molar-refractivity contribution < 1.29 is 19.1 Å². The second kappa shape index (κ2) is 5.48. The maximum absolute atomic E-state index is 12.5. The van der Waals surface area contributed by atoms with Crippen LogP contribution in [0.4, 0.5) is 0 Å². The Labute approximate surface area is 123 Å². The second-order valence-corrected chi connectivity index (χ2v) is 5.62. The fourth-order valence-corrected chi connectivity index (χ4v) is 2.80. The lowest BCUT2D eigenvalue weighted by molar-refractivity contribution is -0.180. The number of hydrogen-bond donors (Lipinski definition) is 0. The molecule has 2 heterocycles. The van der Waals surface area contributed by atoms with E-state index < -0.39 is 12.1 Å². The van der Waals surface area contributed by atoms with Gasteiger partial charge in [0.05, 0.1) is 18.8 Å². The lowest BCUT2D eigenvalue weighted by atomic mass is 10.00. The third kappa shape index (κ3) is 2.78. The first-order valence-corrected chi connectivity index (χ1v) is 7.27. The number of hydrogen-bond acceptors (Lipinski definition) is 4. The van der Waals surface area contributed by atoms with Gasteiger partial charge < -0.3 is 14.4 Å². The highest BCUT2D eigenvalue weighted by Crippen LogP contribution is 2.31. The Morgan fingerprint density at radius 2 is 1.95 bits per heavy atom. The smallest absolute Gasteiger partial charge is 0.329 e. The summed E-state index contributed by atoms with van der Waals surface area (Å²) in [6.07, 6.45) is -0.150. The van der Waals surface area contributed by atoms with E-state index in [2.05, 4.69) is 0 Å². The molecule has 2 aliphatic heterocycles. The van der Waals surface area contributed by atoms with E-state index >= 15 is 0 Å². The third-order valence-corrected chi connectivity index (χ3v) is 4.09. The molecule has 21 heavy (non-hydrogen) atoms. The van der Waals surface area contributed by atoms with Crippen molar-refractivity contribution in [2.24, 2.45) is 0 Å². The largest absolute Gasteiger partial charge is 0.451 e. The molecular weight excluding hydrogens is 270 g/mol. The highest BCUT2D eigenvalue weighted by molar-refractivity contribution is 5.92. The summed E-state index contributed by atoms with van der Waals surface area (Å²) in [5, 5.41) is 0. The normalized spacial score (nSPS) is 30.0. The molecule has 0 aliphatic carbocycles. The molecule has 3 rings (SSSR count). The van der Waals surface area contributed by atoms with E-state index in [9.17, 15) is 9.59 Å². The molecule has 1 aromatic rings. The van der Waals surface area contributed by atoms with Crippen LogP contribution in [0.3, 0.4) is 0 Å². The van der Waals surface area contributed by atoms with Crippen LogP contribution in [-0.4, -0.2) is 41.6 Å². The lowest BCUT2D eigenvalue weighted by Gasteiger charge is -2.40. The van der Waals surface area contributed by atoms with Crippen LogP contribution in [0, 0.1) is 0 Å². The van der Waals surface area contributed by atoms with Crippen molar-refractivity contribution >= 4 is 11.9 Å². The molecule has 0 bridgehead atoms. The van der Waals surface area contributed by atoms with E-state index in [1.165, 1.54) is 0 Å². The van der Waals surface area contributed by atoms with E-state index in [0.717, 1.165) is 5.56 Å². The molecule has 0 spiro atoms. The van der Waals surface area contributed by atoms with E-state index in [0.29, 0.717) is 13.0 Å². The first kappa shape index (κ1) is 14.1. The van der Waals surface area contributed by atoms with Gasteiger partial charge in [-0.15, -0.1) is 0 Å². The van der Waals surface area contributed by atoms with Crippen LogP contribution in [0.1, 0.15) is 31.9 Å². The van der Waals surface area contributed by atoms with Crippen molar-refractivity contribution in [2.75, 3.05) is 6.61 Å². The number of rotatable bonds is 4.